The zero-order valence-electron chi connectivity index (χ0n) is 53.6. The third-order valence-electron chi connectivity index (χ3n) is 15.8. The molecule has 0 aromatic heterocycles. The molecule has 0 radical (unpaired) electrons. The Balaban J connectivity index is 0. The van der Waals surface area contributed by atoms with E-state index in [0.717, 1.165) is 38.5 Å². The highest BCUT2D eigenvalue weighted by Crippen LogP contribution is 2.43. The van der Waals surface area contributed by atoms with Gasteiger partial charge in [0.25, 0.3) is 0 Å². The number of hydrogen-bond donors (Lipinski definition) is 2. The second kappa shape index (κ2) is 41.4. The topological polar surface area (TPSA) is 232 Å². The Morgan fingerprint density at radius 3 is 0.900 bits per heavy atom. The number of ether oxygens (including phenoxy) is 6. The van der Waals surface area contributed by atoms with Crippen LogP contribution in [-0.2, 0) is 66.8 Å². The monoisotopic (exact) mass is 1140 g/mol. The second-order valence-electron chi connectivity index (χ2n) is 26.3. The summed E-state index contributed by atoms with van der Waals surface area (Å²) >= 11 is 0. The average Bonchev–Trinajstić information content (AvgIpc) is 3.33. The van der Waals surface area contributed by atoms with Crippen molar-refractivity contribution >= 4 is 47.0 Å². The van der Waals surface area contributed by atoms with Crippen molar-refractivity contribution in [1.29, 1.82) is 0 Å². The quantitative estimate of drug-likeness (QED) is 0.0583. The third kappa shape index (κ3) is 39.8. The summed E-state index contributed by atoms with van der Waals surface area (Å²) in [6.07, 6.45) is 21.0. The van der Waals surface area contributed by atoms with Gasteiger partial charge in [0.2, 0.25) is 0 Å². The molecule has 0 aliphatic heterocycles. The zero-order chi connectivity index (χ0) is 61.9. The number of ketones is 4. The highest BCUT2D eigenvalue weighted by Gasteiger charge is 2.35. The molecule has 4 aliphatic rings. The van der Waals surface area contributed by atoms with Crippen LogP contribution in [0.1, 0.15) is 251 Å². The van der Waals surface area contributed by atoms with Crippen molar-refractivity contribution in [1.82, 2.24) is 0 Å². The highest BCUT2D eigenvalue weighted by atomic mass is 16.6. The van der Waals surface area contributed by atoms with Gasteiger partial charge in [0.1, 0.15) is 62.7 Å². The molecular formula is C64H116O16. The molecule has 4 saturated carbocycles. The standard InChI is InChI=1S/C16H28O3.C15H26O4.2C10H20O.C7H12O3.C6H10O4/c1-5-7-14(17)10-15(18)19-12(2)13-8-6-9-16(3,4)11-13;1-11(12-6-5-7-15(2,3)9-12)19-14(17)8-13(16)10-18-4;2*1-8(11)9-5-4-6-10(2,3)7-9;1-3-4-6(8)5-7(9)10-2;1-9-4-5(7)3-6(8)10-2/h12-13H,5-11H2,1-4H3;11-12H,5-10H2,1-4H3;2*8-9,11H,4-7H2,1-3H3;3-5H2,1-2H3;3-4H2,1-2H3. The summed E-state index contributed by atoms with van der Waals surface area (Å²) in [6.45, 7) is 29.8. The first kappa shape index (κ1) is 78.5. The van der Waals surface area contributed by atoms with Crippen LogP contribution < -0.4 is 0 Å². The molecule has 4 fully saturated rings. The van der Waals surface area contributed by atoms with Crippen LogP contribution in [0.3, 0.4) is 0 Å². The summed E-state index contributed by atoms with van der Waals surface area (Å²) < 4.78 is 28.6. The summed E-state index contributed by atoms with van der Waals surface area (Å²) in [5.74, 6) is -0.361. The van der Waals surface area contributed by atoms with E-state index in [2.05, 4.69) is 69.6 Å². The number of methoxy groups -OCH3 is 4. The summed E-state index contributed by atoms with van der Waals surface area (Å²) in [6, 6.07) is 0. The number of carbonyl (C=O) groups excluding carboxylic acids is 8. The fraction of sp³-hybridized carbons (Fsp3) is 0.875. The van der Waals surface area contributed by atoms with Crippen molar-refractivity contribution in [3.8, 4) is 0 Å². The maximum atomic E-state index is 11.7. The molecule has 0 aromatic rings. The van der Waals surface area contributed by atoms with E-state index in [0.29, 0.717) is 58.2 Å². The van der Waals surface area contributed by atoms with Crippen molar-refractivity contribution in [2.24, 2.45) is 45.3 Å². The van der Waals surface area contributed by atoms with Gasteiger partial charge in [0, 0.05) is 27.1 Å². The van der Waals surface area contributed by atoms with Gasteiger partial charge < -0.3 is 38.6 Å². The number of esters is 4. The van der Waals surface area contributed by atoms with Crippen LogP contribution in [0.2, 0.25) is 0 Å². The van der Waals surface area contributed by atoms with E-state index in [1.54, 1.807) is 0 Å². The zero-order valence-corrected chi connectivity index (χ0v) is 53.6. The normalized spacial score (nSPS) is 22.6. The van der Waals surface area contributed by atoms with Crippen molar-refractivity contribution in [3.05, 3.63) is 0 Å². The number of aliphatic hydroxyl groups excluding tert-OH is 2. The van der Waals surface area contributed by atoms with Crippen LogP contribution in [-0.4, -0.2) is 123 Å². The molecule has 4 rings (SSSR count). The fourth-order valence-corrected chi connectivity index (χ4v) is 11.3. The van der Waals surface area contributed by atoms with Crippen molar-refractivity contribution in [2.45, 2.75) is 275 Å². The first-order valence-corrected chi connectivity index (χ1v) is 30.0. The Labute approximate surface area is 484 Å². The number of rotatable bonds is 22. The molecular weight excluding hydrogens is 1020 g/mol. The Morgan fingerprint density at radius 2 is 0.662 bits per heavy atom. The van der Waals surface area contributed by atoms with Gasteiger partial charge in [-0.25, -0.2) is 0 Å². The molecule has 0 amide bonds. The van der Waals surface area contributed by atoms with Crippen LogP contribution in [0.15, 0.2) is 0 Å². The highest BCUT2D eigenvalue weighted by molar-refractivity contribution is 5.97. The molecule has 0 saturated heterocycles. The molecule has 80 heavy (non-hydrogen) atoms. The smallest absolute Gasteiger partial charge is 0.313 e. The molecule has 16 heteroatoms. The van der Waals surface area contributed by atoms with Gasteiger partial charge in [-0.1, -0.05) is 94.9 Å². The van der Waals surface area contributed by atoms with E-state index in [9.17, 15) is 48.6 Å². The lowest BCUT2D eigenvalue weighted by Crippen LogP contribution is -2.32. The van der Waals surface area contributed by atoms with Crippen LogP contribution in [0, 0.1) is 45.3 Å². The molecule has 468 valence electrons. The van der Waals surface area contributed by atoms with E-state index in [-0.39, 0.29) is 92.4 Å². The number of carbonyl (C=O) groups is 8. The number of Topliss-reactive ketones (excluding diaryl/α,β-unsaturated/α-hetero) is 4. The van der Waals surface area contributed by atoms with Crippen molar-refractivity contribution in [3.63, 3.8) is 0 Å². The van der Waals surface area contributed by atoms with E-state index in [4.69, 9.17) is 14.2 Å². The van der Waals surface area contributed by atoms with Crippen LogP contribution in [0.25, 0.3) is 0 Å². The average molecular weight is 1140 g/mol. The third-order valence-corrected chi connectivity index (χ3v) is 15.8. The lowest BCUT2D eigenvalue weighted by atomic mass is 9.71. The first-order chi connectivity index (χ1) is 37.1. The van der Waals surface area contributed by atoms with Gasteiger partial charge in [-0.05, 0) is 163 Å². The molecule has 16 nitrogen and oxygen atoms in total. The number of hydrogen-bond acceptors (Lipinski definition) is 16. The van der Waals surface area contributed by atoms with Gasteiger partial charge in [0.15, 0.2) is 11.6 Å². The maximum absolute atomic E-state index is 11.7. The van der Waals surface area contributed by atoms with Gasteiger partial charge in [-0.2, -0.15) is 0 Å². The Hall–Kier alpha value is -3.60. The number of aliphatic hydroxyl groups is 2. The van der Waals surface area contributed by atoms with Gasteiger partial charge in [0.05, 0.1) is 26.4 Å². The first-order valence-electron chi connectivity index (χ1n) is 30.0. The molecule has 4 aliphatic carbocycles. The lowest BCUT2D eigenvalue weighted by molar-refractivity contribution is -0.155. The Kier molecular flexibility index (Phi) is 40.6. The van der Waals surface area contributed by atoms with Crippen molar-refractivity contribution < 1.29 is 77.0 Å². The predicted molar refractivity (Wildman–Crippen MR) is 314 cm³/mol. The molecule has 8 unspecified atom stereocenters. The molecule has 0 spiro atoms. The minimum atomic E-state index is -0.526. The minimum absolute atomic E-state index is 0.0105. The summed E-state index contributed by atoms with van der Waals surface area (Å²) in [7, 11) is 5.36. The molecule has 0 bridgehead atoms. The molecule has 8 atom stereocenters. The van der Waals surface area contributed by atoms with Gasteiger partial charge in [-0.15, -0.1) is 0 Å². The maximum Gasteiger partial charge on any atom is 0.313 e. The molecule has 0 aromatic carbocycles. The Morgan fingerprint density at radius 1 is 0.412 bits per heavy atom. The molecule has 2 N–H and O–H groups in total. The van der Waals surface area contributed by atoms with E-state index < -0.39 is 17.9 Å². The SMILES string of the molecule is CC(O)C1CCCC(C)(C)C1.CC(O)C1CCCC(C)(C)C1.CCCC(=O)CC(=O)OC.CCCC(=O)CC(=O)OC(C)C1CCCC(C)(C)C1.COCC(=O)CC(=O)OC.COCC(=O)CC(=O)OC(C)C1CCCC(C)(C)C1. The van der Waals surface area contributed by atoms with Gasteiger partial charge >= 0.3 is 23.9 Å². The van der Waals surface area contributed by atoms with Crippen LogP contribution in [0.4, 0.5) is 0 Å². The Bertz CT molecular complexity index is 1670. The predicted octanol–water partition coefficient (Wildman–Crippen LogP) is 12.5. The van der Waals surface area contributed by atoms with E-state index >= 15 is 0 Å². The van der Waals surface area contributed by atoms with E-state index in [1.165, 1.54) is 105 Å². The largest absolute Gasteiger partial charge is 0.469 e. The second-order valence-corrected chi connectivity index (χ2v) is 26.3. The van der Waals surface area contributed by atoms with Crippen molar-refractivity contribution in [2.75, 3.05) is 41.7 Å². The van der Waals surface area contributed by atoms with Gasteiger partial charge in [-0.3, -0.25) is 38.4 Å². The summed E-state index contributed by atoms with van der Waals surface area (Å²) in [5, 5.41) is 18.8. The lowest BCUT2D eigenvalue weighted by Gasteiger charge is -2.37. The van der Waals surface area contributed by atoms with Crippen LogP contribution >= 0.6 is 0 Å². The van der Waals surface area contributed by atoms with Crippen LogP contribution in [0.5, 0.6) is 0 Å². The minimum Gasteiger partial charge on any atom is -0.469 e. The fourth-order valence-electron chi connectivity index (χ4n) is 11.3. The van der Waals surface area contributed by atoms with E-state index in [1.807, 2.05) is 41.5 Å². The summed E-state index contributed by atoms with van der Waals surface area (Å²) in [4.78, 5) is 88.2. The summed E-state index contributed by atoms with van der Waals surface area (Å²) in [5.41, 5.74) is 1.62. The molecule has 0 heterocycles.